The first-order valence-electron chi connectivity index (χ1n) is 5.42. The Morgan fingerprint density at radius 1 is 1.40 bits per heavy atom. The Balaban J connectivity index is 1.94. The molecule has 82 valence electrons. The molecule has 15 heavy (non-hydrogen) atoms. The second-order valence-electron chi connectivity index (χ2n) is 4.10. The van der Waals surface area contributed by atoms with Gasteiger partial charge in [-0.3, -0.25) is 0 Å². The van der Waals surface area contributed by atoms with Gasteiger partial charge in [0, 0.05) is 6.04 Å². The van der Waals surface area contributed by atoms with E-state index in [4.69, 9.17) is 0 Å². The largest absolute Gasteiger partial charge is 0.388 e. The van der Waals surface area contributed by atoms with Crippen molar-refractivity contribution >= 4 is 0 Å². The van der Waals surface area contributed by atoms with Crippen molar-refractivity contribution in [2.45, 2.75) is 31.4 Å². The van der Waals surface area contributed by atoms with E-state index in [9.17, 15) is 9.50 Å². The number of aliphatic hydroxyl groups is 1. The van der Waals surface area contributed by atoms with Crippen LogP contribution in [-0.2, 0) is 0 Å². The summed E-state index contributed by atoms with van der Waals surface area (Å²) in [5, 5.41) is 13.2. The normalized spacial score (nSPS) is 22.9. The van der Waals surface area contributed by atoms with Crippen molar-refractivity contribution in [3.05, 3.63) is 35.6 Å². The van der Waals surface area contributed by atoms with Crippen molar-refractivity contribution in [3.63, 3.8) is 0 Å². The molecule has 0 aliphatic carbocycles. The number of hydrogen-bond acceptors (Lipinski definition) is 2. The van der Waals surface area contributed by atoms with Gasteiger partial charge in [-0.2, -0.15) is 0 Å². The van der Waals surface area contributed by atoms with Crippen molar-refractivity contribution in [2.24, 2.45) is 0 Å². The summed E-state index contributed by atoms with van der Waals surface area (Å²) < 4.78 is 12.7. The number of nitrogens with one attached hydrogen (secondary N) is 1. The van der Waals surface area contributed by atoms with Crippen molar-refractivity contribution in [3.8, 4) is 0 Å². The lowest BCUT2D eigenvalue weighted by Crippen LogP contribution is -2.23. The van der Waals surface area contributed by atoms with E-state index >= 15 is 0 Å². The van der Waals surface area contributed by atoms with E-state index in [1.165, 1.54) is 18.6 Å². The fourth-order valence-electron chi connectivity index (χ4n) is 2.05. The van der Waals surface area contributed by atoms with Crippen LogP contribution in [-0.4, -0.2) is 17.7 Å². The van der Waals surface area contributed by atoms with Crippen molar-refractivity contribution in [2.75, 3.05) is 6.54 Å². The third kappa shape index (κ3) is 2.76. The number of benzene rings is 1. The average molecular weight is 209 g/mol. The summed E-state index contributed by atoms with van der Waals surface area (Å²) in [7, 11) is 0. The summed E-state index contributed by atoms with van der Waals surface area (Å²) in [6, 6.07) is 6.48. The molecule has 1 aromatic rings. The predicted molar refractivity (Wildman–Crippen MR) is 57.0 cm³/mol. The molecule has 1 saturated heterocycles. The second kappa shape index (κ2) is 4.73. The number of halogens is 1. The first-order valence-corrected chi connectivity index (χ1v) is 5.42. The Morgan fingerprint density at radius 2 is 2.13 bits per heavy atom. The topological polar surface area (TPSA) is 32.3 Å². The summed E-state index contributed by atoms with van der Waals surface area (Å²) in [5.41, 5.74) is 0.796. The molecule has 1 aromatic carbocycles. The van der Waals surface area contributed by atoms with E-state index in [-0.39, 0.29) is 5.82 Å². The maximum Gasteiger partial charge on any atom is 0.123 e. The highest BCUT2D eigenvalue weighted by Gasteiger charge is 2.18. The van der Waals surface area contributed by atoms with E-state index in [2.05, 4.69) is 5.32 Å². The molecule has 2 N–H and O–H groups in total. The summed E-state index contributed by atoms with van der Waals surface area (Å²) >= 11 is 0. The second-order valence-corrected chi connectivity index (χ2v) is 4.10. The van der Waals surface area contributed by atoms with Crippen LogP contribution in [0.15, 0.2) is 24.3 Å². The van der Waals surface area contributed by atoms with Crippen LogP contribution in [0, 0.1) is 5.82 Å². The van der Waals surface area contributed by atoms with Gasteiger partial charge in [-0.25, -0.2) is 4.39 Å². The molecular weight excluding hydrogens is 193 g/mol. The van der Waals surface area contributed by atoms with Crippen LogP contribution < -0.4 is 5.32 Å². The third-order valence-electron chi connectivity index (χ3n) is 2.92. The zero-order valence-corrected chi connectivity index (χ0v) is 8.62. The lowest BCUT2D eigenvalue weighted by atomic mass is 10.0. The predicted octanol–water partition coefficient (Wildman–Crippen LogP) is 2.00. The highest BCUT2D eigenvalue weighted by atomic mass is 19.1. The average Bonchev–Trinajstić information content (AvgIpc) is 2.71. The van der Waals surface area contributed by atoms with Crippen LogP contribution in [0.3, 0.4) is 0 Å². The Morgan fingerprint density at radius 3 is 2.73 bits per heavy atom. The Labute approximate surface area is 89.1 Å². The fraction of sp³-hybridized carbons (Fsp3) is 0.500. The maximum atomic E-state index is 12.7. The monoisotopic (exact) mass is 209 g/mol. The maximum absolute atomic E-state index is 12.7. The SMILES string of the molecule is O[C@@H](C[C@H]1CCCN1)c1ccc(F)cc1. The minimum Gasteiger partial charge on any atom is -0.388 e. The summed E-state index contributed by atoms with van der Waals surface area (Å²) in [6.07, 6.45) is 2.53. The molecule has 0 amide bonds. The Bertz CT molecular complexity index is 306. The molecule has 1 aliphatic rings. The van der Waals surface area contributed by atoms with Gasteiger partial charge in [0.25, 0.3) is 0 Å². The van der Waals surface area contributed by atoms with Crippen LogP contribution in [0.5, 0.6) is 0 Å². The molecule has 0 saturated carbocycles. The molecule has 2 rings (SSSR count). The smallest absolute Gasteiger partial charge is 0.123 e. The van der Waals surface area contributed by atoms with Gasteiger partial charge >= 0.3 is 0 Å². The molecule has 1 heterocycles. The molecule has 0 aromatic heterocycles. The highest BCUT2D eigenvalue weighted by molar-refractivity contribution is 5.18. The van der Waals surface area contributed by atoms with Crippen LogP contribution in [0.1, 0.15) is 30.9 Å². The van der Waals surface area contributed by atoms with Crippen LogP contribution in [0.25, 0.3) is 0 Å². The molecule has 0 unspecified atom stereocenters. The van der Waals surface area contributed by atoms with Gasteiger partial charge in [0.15, 0.2) is 0 Å². The van der Waals surface area contributed by atoms with Crippen LogP contribution in [0.4, 0.5) is 4.39 Å². The lowest BCUT2D eigenvalue weighted by Gasteiger charge is -2.16. The molecule has 2 atom stereocenters. The fourth-order valence-corrected chi connectivity index (χ4v) is 2.05. The molecule has 1 aliphatic heterocycles. The van der Waals surface area contributed by atoms with Gasteiger partial charge in [0.1, 0.15) is 5.82 Å². The quantitative estimate of drug-likeness (QED) is 0.798. The highest BCUT2D eigenvalue weighted by Crippen LogP contribution is 2.22. The Kier molecular flexibility index (Phi) is 3.34. The minimum absolute atomic E-state index is 0.259. The van der Waals surface area contributed by atoms with Crippen LogP contribution >= 0.6 is 0 Å². The molecule has 0 spiro atoms. The number of hydrogen-bond donors (Lipinski definition) is 2. The van der Waals surface area contributed by atoms with Gasteiger partial charge in [-0.15, -0.1) is 0 Å². The third-order valence-corrected chi connectivity index (χ3v) is 2.92. The number of aliphatic hydroxyl groups excluding tert-OH is 1. The molecule has 1 fully saturated rings. The van der Waals surface area contributed by atoms with Gasteiger partial charge in [0.05, 0.1) is 6.10 Å². The summed E-state index contributed by atoms with van der Waals surface area (Å²) in [6.45, 7) is 1.04. The van der Waals surface area contributed by atoms with E-state index < -0.39 is 6.10 Å². The van der Waals surface area contributed by atoms with Gasteiger partial charge in [0.2, 0.25) is 0 Å². The molecule has 3 heteroatoms. The first kappa shape index (κ1) is 10.6. The van der Waals surface area contributed by atoms with E-state index in [1.54, 1.807) is 12.1 Å². The Hall–Kier alpha value is -0.930. The summed E-state index contributed by atoms with van der Waals surface area (Å²) in [5.74, 6) is -0.259. The molecular formula is C12H16FNO. The lowest BCUT2D eigenvalue weighted by molar-refractivity contribution is 0.154. The van der Waals surface area contributed by atoms with Crippen molar-refractivity contribution in [1.82, 2.24) is 5.32 Å². The molecule has 2 nitrogen and oxygen atoms in total. The minimum atomic E-state index is -0.485. The first-order chi connectivity index (χ1) is 7.25. The molecule has 0 bridgehead atoms. The van der Waals surface area contributed by atoms with Gasteiger partial charge in [-0.1, -0.05) is 12.1 Å². The van der Waals surface area contributed by atoms with Gasteiger partial charge in [-0.05, 0) is 43.5 Å². The van der Waals surface area contributed by atoms with Crippen molar-refractivity contribution < 1.29 is 9.50 Å². The van der Waals surface area contributed by atoms with Crippen LogP contribution in [0.2, 0.25) is 0 Å². The van der Waals surface area contributed by atoms with E-state index in [0.717, 1.165) is 18.5 Å². The van der Waals surface area contributed by atoms with Gasteiger partial charge < -0.3 is 10.4 Å². The number of rotatable bonds is 3. The van der Waals surface area contributed by atoms with Crippen molar-refractivity contribution in [1.29, 1.82) is 0 Å². The van der Waals surface area contributed by atoms with E-state index in [0.29, 0.717) is 12.5 Å². The standard InChI is InChI=1S/C12H16FNO/c13-10-5-3-9(4-6-10)12(15)8-11-2-1-7-14-11/h3-6,11-12,14-15H,1-2,7-8H2/t11-,12+/m1/s1. The molecule has 0 radical (unpaired) electrons. The van der Waals surface area contributed by atoms with E-state index in [1.807, 2.05) is 0 Å². The zero-order valence-electron chi connectivity index (χ0n) is 8.62. The zero-order chi connectivity index (χ0) is 10.7. The summed E-state index contributed by atoms with van der Waals surface area (Å²) in [4.78, 5) is 0.